The number of halogens is 2. The van der Waals surface area contributed by atoms with Crippen molar-refractivity contribution < 1.29 is 13.9 Å². The fraction of sp³-hybridized carbons (Fsp3) is 0.364. The van der Waals surface area contributed by atoms with Gasteiger partial charge in [0, 0.05) is 0 Å². The van der Waals surface area contributed by atoms with Gasteiger partial charge in [0.1, 0.15) is 6.61 Å². The lowest BCUT2D eigenvalue weighted by Crippen LogP contribution is -2.42. The molecule has 0 fully saturated rings. The fourth-order valence-electron chi connectivity index (χ4n) is 1.09. The highest BCUT2D eigenvalue weighted by molar-refractivity contribution is 5.77. The standard InChI is InChI=1S/C11H15F2N3O/c12-11(13,8-17)7-16-10(14)15-6-9-4-2-1-3-5-9/h1-5,17H,6-8H2,(H3,14,15,16). The predicted molar refractivity (Wildman–Crippen MR) is 61.8 cm³/mol. The molecule has 0 aliphatic carbocycles. The summed E-state index contributed by atoms with van der Waals surface area (Å²) in [7, 11) is 0. The van der Waals surface area contributed by atoms with Crippen LogP contribution in [-0.2, 0) is 6.54 Å². The Hall–Kier alpha value is -1.69. The molecule has 0 heterocycles. The number of hydrogen-bond donors (Lipinski definition) is 3. The van der Waals surface area contributed by atoms with Crippen molar-refractivity contribution in [2.45, 2.75) is 12.5 Å². The SMILES string of the molecule is NC(=NCc1ccccc1)NCC(F)(F)CO. The van der Waals surface area contributed by atoms with Gasteiger partial charge in [0.05, 0.1) is 13.1 Å². The van der Waals surface area contributed by atoms with E-state index in [1.165, 1.54) is 0 Å². The number of hydrogen-bond acceptors (Lipinski definition) is 2. The Balaban J connectivity index is 2.40. The van der Waals surface area contributed by atoms with Gasteiger partial charge in [-0.3, -0.25) is 0 Å². The first-order chi connectivity index (χ1) is 8.03. The highest BCUT2D eigenvalue weighted by Crippen LogP contribution is 2.09. The van der Waals surface area contributed by atoms with Crippen LogP contribution in [-0.4, -0.2) is 30.1 Å². The second kappa shape index (κ2) is 6.15. The molecule has 0 aliphatic heterocycles. The molecule has 17 heavy (non-hydrogen) atoms. The van der Waals surface area contributed by atoms with Gasteiger partial charge in [-0.15, -0.1) is 0 Å². The summed E-state index contributed by atoms with van der Waals surface area (Å²) in [6.07, 6.45) is 0. The first kappa shape index (κ1) is 13.4. The van der Waals surface area contributed by atoms with E-state index in [2.05, 4.69) is 10.3 Å². The molecule has 94 valence electrons. The lowest BCUT2D eigenvalue weighted by atomic mass is 10.2. The zero-order valence-electron chi connectivity index (χ0n) is 9.24. The summed E-state index contributed by atoms with van der Waals surface area (Å²) in [5.41, 5.74) is 6.34. The highest BCUT2D eigenvalue weighted by atomic mass is 19.3. The van der Waals surface area contributed by atoms with Gasteiger partial charge < -0.3 is 16.2 Å². The van der Waals surface area contributed by atoms with E-state index >= 15 is 0 Å². The molecular weight excluding hydrogens is 228 g/mol. The van der Waals surface area contributed by atoms with Crippen molar-refractivity contribution in [3.05, 3.63) is 35.9 Å². The Morgan fingerprint density at radius 2 is 2.00 bits per heavy atom. The van der Waals surface area contributed by atoms with Gasteiger partial charge in [-0.05, 0) is 5.56 Å². The number of alkyl halides is 2. The summed E-state index contributed by atoms with van der Waals surface area (Å²) in [5.74, 6) is -3.26. The summed E-state index contributed by atoms with van der Waals surface area (Å²) >= 11 is 0. The van der Waals surface area contributed by atoms with Crippen molar-refractivity contribution in [2.75, 3.05) is 13.2 Å². The minimum atomic E-state index is -3.19. The van der Waals surface area contributed by atoms with Crippen LogP contribution in [0.4, 0.5) is 8.78 Å². The van der Waals surface area contributed by atoms with Crippen LogP contribution in [0.3, 0.4) is 0 Å². The third-order valence-electron chi connectivity index (χ3n) is 2.03. The Labute approximate surface area is 98.2 Å². The van der Waals surface area contributed by atoms with Crippen molar-refractivity contribution in [3.8, 4) is 0 Å². The Bertz CT molecular complexity index is 368. The maximum Gasteiger partial charge on any atom is 0.287 e. The van der Waals surface area contributed by atoms with Crippen molar-refractivity contribution in [1.29, 1.82) is 0 Å². The lowest BCUT2D eigenvalue weighted by Gasteiger charge is -2.14. The maximum atomic E-state index is 12.7. The molecule has 4 nitrogen and oxygen atoms in total. The van der Waals surface area contributed by atoms with Gasteiger partial charge in [0.2, 0.25) is 0 Å². The zero-order chi connectivity index (χ0) is 12.7. The Morgan fingerprint density at radius 3 is 2.59 bits per heavy atom. The van der Waals surface area contributed by atoms with Crippen LogP contribution in [0.25, 0.3) is 0 Å². The topological polar surface area (TPSA) is 70.6 Å². The summed E-state index contributed by atoms with van der Waals surface area (Å²) < 4.78 is 25.3. The summed E-state index contributed by atoms with van der Waals surface area (Å²) in [6, 6.07) is 9.30. The molecule has 0 aliphatic rings. The second-order valence-corrected chi connectivity index (χ2v) is 3.55. The summed E-state index contributed by atoms with van der Waals surface area (Å²) in [4.78, 5) is 3.90. The number of nitrogens with one attached hydrogen (secondary N) is 1. The summed E-state index contributed by atoms with van der Waals surface area (Å²) in [6.45, 7) is -1.62. The second-order valence-electron chi connectivity index (χ2n) is 3.55. The van der Waals surface area contributed by atoms with Crippen molar-refractivity contribution >= 4 is 5.96 Å². The number of aliphatic imine (C=N–C) groups is 1. The molecule has 0 unspecified atom stereocenters. The van der Waals surface area contributed by atoms with E-state index in [-0.39, 0.29) is 5.96 Å². The van der Waals surface area contributed by atoms with Crippen molar-refractivity contribution in [3.63, 3.8) is 0 Å². The number of benzene rings is 1. The van der Waals surface area contributed by atoms with Crippen LogP contribution in [0.2, 0.25) is 0 Å². The molecule has 1 aromatic carbocycles. The molecule has 0 saturated carbocycles. The zero-order valence-corrected chi connectivity index (χ0v) is 9.24. The minimum Gasteiger partial charge on any atom is -0.390 e. The van der Waals surface area contributed by atoms with Gasteiger partial charge in [-0.2, -0.15) is 0 Å². The smallest absolute Gasteiger partial charge is 0.287 e. The number of guanidine groups is 1. The van der Waals surface area contributed by atoms with Gasteiger partial charge in [0.15, 0.2) is 5.96 Å². The fourth-order valence-corrected chi connectivity index (χ4v) is 1.09. The number of nitrogens with two attached hydrogens (primary N) is 1. The first-order valence-corrected chi connectivity index (χ1v) is 5.10. The van der Waals surface area contributed by atoms with Crippen LogP contribution < -0.4 is 11.1 Å². The van der Waals surface area contributed by atoms with Gasteiger partial charge in [0.25, 0.3) is 5.92 Å². The van der Waals surface area contributed by atoms with Crippen LogP contribution in [0, 0.1) is 0 Å². The van der Waals surface area contributed by atoms with Gasteiger partial charge >= 0.3 is 0 Å². The molecule has 0 saturated heterocycles. The summed E-state index contributed by atoms with van der Waals surface area (Å²) in [5, 5.41) is 10.6. The quantitative estimate of drug-likeness (QED) is 0.527. The molecule has 0 amide bonds. The molecule has 4 N–H and O–H groups in total. The van der Waals surface area contributed by atoms with E-state index in [9.17, 15) is 8.78 Å². The lowest BCUT2D eigenvalue weighted by molar-refractivity contribution is -0.0444. The van der Waals surface area contributed by atoms with Crippen LogP contribution in [0.1, 0.15) is 5.56 Å². The predicted octanol–water partition coefficient (Wildman–Crippen LogP) is 0.718. The molecule has 0 spiro atoms. The normalized spacial score (nSPS) is 12.5. The highest BCUT2D eigenvalue weighted by Gasteiger charge is 2.27. The van der Waals surface area contributed by atoms with E-state index in [1.54, 1.807) is 0 Å². The molecule has 0 bridgehead atoms. The van der Waals surface area contributed by atoms with Crippen molar-refractivity contribution in [1.82, 2.24) is 5.32 Å². The van der Waals surface area contributed by atoms with E-state index in [1.807, 2.05) is 30.3 Å². The monoisotopic (exact) mass is 243 g/mol. The average Bonchev–Trinajstić information content (AvgIpc) is 2.35. The number of nitrogens with zero attached hydrogens (tertiary/aromatic N) is 1. The third kappa shape index (κ3) is 5.26. The van der Waals surface area contributed by atoms with E-state index < -0.39 is 19.1 Å². The van der Waals surface area contributed by atoms with E-state index in [0.29, 0.717) is 6.54 Å². The Kier molecular flexibility index (Phi) is 4.84. The van der Waals surface area contributed by atoms with E-state index in [4.69, 9.17) is 10.8 Å². The van der Waals surface area contributed by atoms with Crippen LogP contribution in [0.15, 0.2) is 35.3 Å². The number of aliphatic hydroxyl groups excluding tert-OH is 1. The largest absolute Gasteiger partial charge is 0.390 e. The number of rotatable bonds is 5. The molecular formula is C11H15F2N3O. The minimum absolute atomic E-state index is 0.0676. The van der Waals surface area contributed by atoms with E-state index in [0.717, 1.165) is 5.56 Å². The van der Waals surface area contributed by atoms with Gasteiger partial charge in [-0.1, -0.05) is 30.3 Å². The maximum absolute atomic E-state index is 12.7. The first-order valence-electron chi connectivity index (χ1n) is 5.10. The van der Waals surface area contributed by atoms with Crippen LogP contribution in [0.5, 0.6) is 0 Å². The molecule has 0 radical (unpaired) electrons. The molecule has 0 aromatic heterocycles. The van der Waals surface area contributed by atoms with Gasteiger partial charge in [-0.25, -0.2) is 13.8 Å². The molecule has 0 atom stereocenters. The van der Waals surface area contributed by atoms with Crippen LogP contribution >= 0.6 is 0 Å². The molecule has 1 aromatic rings. The Morgan fingerprint density at radius 1 is 1.35 bits per heavy atom. The molecule has 1 rings (SSSR count). The number of aliphatic hydroxyl groups is 1. The third-order valence-corrected chi connectivity index (χ3v) is 2.03. The average molecular weight is 243 g/mol. The molecule has 6 heteroatoms. The van der Waals surface area contributed by atoms with Crippen molar-refractivity contribution in [2.24, 2.45) is 10.7 Å².